The first-order valence-corrected chi connectivity index (χ1v) is 28.7. The number of hydrogen-bond donors (Lipinski definition) is 13. The van der Waals surface area contributed by atoms with E-state index in [2.05, 4.69) is 47.4 Å². The average molecular weight is 1140 g/mol. The van der Waals surface area contributed by atoms with Gasteiger partial charge in [-0.25, -0.2) is 0 Å². The highest BCUT2D eigenvalue weighted by atomic mass is 32.2. The molecular weight excluding hydrogens is 1060 g/mol. The minimum atomic E-state index is -2.32. The van der Waals surface area contributed by atoms with Crippen LogP contribution in [0.2, 0.25) is 0 Å². The average Bonchev–Trinajstić information content (AvgIpc) is 4.03. The van der Waals surface area contributed by atoms with Crippen LogP contribution in [-0.2, 0) is 33.6 Å². The maximum atomic E-state index is 14.7. The molecule has 2 aromatic carbocycles. The van der Waals surface area contributed by atoms with Crippen LogP contribution in [-0.4, -0.2) is 183 Å². The third-order valence-corrected chi connectivity index (χ3v) is 16.4. The quantitative estimate of drug-likeness (QED) is 0.0757. The van der Waals surface area contributed by atoms with Gasteiger partial charge in [0.2, 0.25) is 41.4 Å². The highest BCUT2D eigenvalue weighted by Gasteiger charge is 2.49. The molecule has 7 amide bonds. The fourth-order valence-electron chi connectivity index (χ4n) is 10.4. The summed E-state index contributed by atoms with van der Waals surface area (Å²) in [5.41, 5.74) is -0.0812. The summed E-state index contributed by atoms with van der Waals surface area (Å²) in [4.78, 5) is 103. The standard InChI is InChI=1S/C56H82N8O15S/c1-5-31(2)27-32(3)15-11-8-6-7-9-14-18-43(71)58-38-29-42(70)54(80-37-16-12-10-13-17-37)62-53(77)47-41(69)24-26-63(47)56(79)45(40(68)23-25-57)60-52(76)46(49(73)48(72)34-19-21-35(66)22-20-34)61-51(75)39-28-36(67)30-64(39)55(78)44(33(4)65)59-50(38)74/h10,12-13,16-17,19-22,31-33,36,38-42,44-49,54,65-70,72-73H,5-9,11,14-15,18,23-24,26-30H2,1-4H3,(H,58,71)(H,59,74)(H,60,76)(H,61,75)(H,62,77)/t31?,32?,33-,36-,38+,39+,40-,41+,42-,44+,45+,46+,47+,48+,49+,54-/m1/s1. The smallest absolute Gasteiger partial charge is 0.248 e. The lowest BCUT2D eigenvalue weighted by molar-refractivity contribution is -0.148. The summed E-state index contributed by atoms with van der Waals surface area (Å²) in [6, 6.07) is 3.35. The van der Waals surface area contributed by atoms with Gasteiger partial charge in [-0.15, -0.1) is 0 Å². The van der Waals surface area contributed by atoms with Crippen molar-refractivity contribution in [2.75, 3.05) is 13.1 Å². The van der Waals surface area contributed by atoms with Crippen LogP contribution < -0.4 is 26.6 Å². The van der Waals surface area contributed by atoms with Gasteiger partial charge in [-0.2, -0.15) is 5.26 Å². The lowest BCUT2D eigenvalue weighted by Gasteiger charge is -2.34. The van der Waals surface area contributed by atoms with E-state index in [1.54, 1.807) is 36.4 Å². The van der Waals surface area contributed by atoms with Crippen molar-refractivity contribution >= 4 is 53.1 Å². The van der Waals surface area contributed by atoms with Crippen LogP contribution in [0.15, 0.2) is 59.5 Å². The van der Waals surface area contributed by atoms with Gasteiger partial charge >= 0.3 is 0 Å². The van der Waals surface area contributed by atoms with E-state index in [0.29, 0.717) is 29.6 Å². The maximum Gasteiger partial charge on any atom is 0.248 e. The first kappa shape index (κ1) is 64.9. The van der Waals surface area contributed by atoms with Gasteiger partial charge in [0.15, 0.2) is 0 Å². The minimum absolute atomic E-state index is 0.0293. The molecule has 24 heteroatoms. The van der Waals surface area contributed by atoms with Crippen molar-refractivity contribution in [2.45, 2.75) is 207 Å². The van der Waals surface area contributed by atoms with E-state index in [4.69, 9.17) is 0 Å². The number of aromatic hydroxyl groups is 1. The second-order valence-corrected chi connectivity index (χ2v) is 22.9. The van der Waals surface area contributed by atoms with Gasteiger partial charge in [-0.1, -0.05) is 108 Å². The van der Waals surface area contributed by atoms with Crippen LogP contribution in [0.25, 0.3) is 0 Å². The number of aliphatic hydroxyl groups is 7. The molecule has 3 fully saturated rings. The molecule has 23 nitrogen and oxygen atoms in total. The Kier molecular flexibility index (Phi) is 25.4. The molecule has 0 aromatic heterocycles. The van der Waals surface area contributed by atoms with Crippen LogP contribution in [0.3, 0.4) is 0 Å². The van der Waals surface area contributed by atoms with Gasteiger partial charge < -0.3 is 77.2 Å². The van der Waals surface area contributed by atoms with Crippen molar-refractivity contribution in [3.63, 3.8) is 0 Å². The van der Waals surface area contributed by atoms with Crippen LogP contribution in [0.4, 0.5) is 0 Å². The maximum absolute atomic E-state index is 14.7. The number of thioether (sulfide) groups is 1. The number of carbonyl (C=O) groups excluding carboxylic acids is 7. The van der Waals surface area contributed by atoms with Crippen LogP contribution in [0, 0.1) is 23.2 Å². The summed E-state index contributed by atoms with van der Waals surface area (Å²) in [7, 11) is 0. The summed E-state index contributed by atoms with van der Waals surface area (Å²) in [5.74, 6) is -6.63. The van der Waals surface area contributed by atoms with E-state index in [1.165, 1.54) is 18.6 Å². The number of fused-ring (bicyclic) bond motifs is 2. The molecule has 3 heterocycles. The zero-order valence-electron chi connectivity index (χ0n) is 45.9. The SMILES string of the molecule is CCC(C)CC(C)CCCCCCCCC(=O)N[C@H]1C[C@@H](O)[C@@H](Sc2ccccc2)NC(=O)[C@@H]2[C@@H](O)CCN2C(=O)[C@H]([C@H](O)CC#N)NC(=O)[C@H]([C@H](O)[C@@H](O)c2ccc(O)cc2)NC(=O)[C@@H]2C[C@@H](O)CN2C(=O)[C@H]([C@@H](C)O)NC1=O. The largest absolute Gasteiger partial charge is 0.508 e. The van der Waals surface area contributed by atoms with Crippen LogP contribution >= 0.6 is 11.8 Å². The molecule has 0 spiro atoms. The third-order valence-electron chi connectivity index (χ3n) is 15.2. The van der Waals surface area contributed by atoms with Gasteiger partial charge in [0.25, 0.3) is 0 Å². The summed E-state index contributed by atoms with van der Waals surface area (Å²) in [5, 5.41) is 110. The fourth-order valence-corrected chi connectivity index (χ4v) is 11.5. The minimum Gasteiger partial charge on any atom is -0.508 e. The number of amides is 7. The number of benzene rings is 2. The number of phenols is 1. The summed E-state index contributed by atoms with van der Waals surface area (Å²) >= 11 is 0.914. The number of rotatable bonds is 21. The molecule has 442 valence electrons. The number of phenolic OH excluding ortho intramolecular Hbond substituents is 1. The number of carbonyl (C=O) groups is 7. The summed E-state index contributed by atoms with van der Waals surface area (Å²) in [6.07, 6.45) is -6.34. The third kappa shape index (κ3) is 18.3. The second kappa shape index (κ2) is 31.3. The number of aliphatic hydroxyl groups excluding tert-OH is 7. The van der Waals surface area contributed by atoms with Crippen LogP contribution in [0.1, 0.15) is 129 Å². The molecule has 0 bridgehead atoms. The molecule has 3 aliphatic rings. The zero-order valence-corrected chi connectivity index (χ0v) is 46.7. The number of nitrogens with one attached hydrogen (secondary N) is 5. The van der Waals surface area contributed by atoms with Crippen molar-refractivity contribution in [1.29, 1.82) is 5.26 Å². The highest BCUT2D eigenvalue weighted by molar-refractivity contribution is 8.00. The van der Waals surface area contributed by atoms with Crippen molar-refractivity contribution in [1.82, 2.24) is 36.4 Å². The van der Waals surface area contributed by atoms with Crippen molar-refractivity contribution in [2.24, 2.45) is 11.8 Å². The van der Waals surface area contributed by atoms with E-state index >= 15 is 0 Å². The fraction of sp³-hybridized carbons (Fsp3) is 0.643. The van der Waals surface area contributed by atoms with E-state index in [0.717, 1.165) is 79.1 Å². The van der Waals surface area contributed by atoms with Crippen LogP contribution in [0.5, 0.6) is 5.75 Å². The predicted octanol–water partition coefficient (Wildman–Crippen LogP) is 0.497. The Morgan fingerprint density at radius 1 is 0.738 bits per heavy atom. The molecule has 3 aliphatic heterocycles. The Balaban J connectivity index is 1.52. The molecule has 80 heavy (non-hydrogen) atoms. The van der Waals surface area contributed by atoms with Crippen molar-refractivity contribution < 1.29 is 74.4 Å². The molecule has 3 saturated heterocycles. The molecule has 2 unspecified atom stereocenters. The number of nitriles is 1. The van der Waals surface area contributed by atoms with E-state index in [1.807, 2.05) is 0 Å². The first-order valence-electron chi connectivity index (χ1n) is 27.8. The van der Waals surface area contributed by atoms with E-state index < -0.39 is 152 Å². The number of nitrogens with zero attached hydrogens (tertiary/aromatic N) is 3. The molecule has 2 aromatic rings. The summed E-state index contributed by atoms with van der Waals surface area (Å²) in [6.45, 7) is 6.99. The molecule has 13 N–H and O–H groups in total. The van der Waals surface area contributed by atoms with Gasteiger partial charge in [-0.05, 0) is 67.9 Å². The Morgan fingerprint density at radius 3 is 2.01 bits per heavy atom. The Morgan fingerprint density at radius 2 is 1.36 bits per heavy atom. The van der Waals surface area contributed by atoms with Gasteiger partial charge in [0, 0.05) is 37.2 Å². The molecular formula is C56H82N8O15S. The van der Waals surface area contributed by atoms with Crippen molar-refractivity contribution in [3.05, 3.63) is 60.2 Å². The van der Waals surface area contributed by atoms with Gasteiger partial charge in [0.05, 0.1) is 43.0 Å². The molecule has 16 atom stereocenters. The topological polar surface area (TPSA) is 372 Å². The molecule has 0 aliphatic carbocycles. The Hall–Kier alpha value is -5.91. The van der Waals surface area contributed by atoms with Crippen molar-refractivity contribution in [3.8, 4) is 11.8 Å². The van der Waals surface area contributed by atoms with E-state index in [9.17, 15) is 79.7 Å². The highest BCUT2D eigenvalue weighted by Crippen LogP contribution is 2.30. The number of hydrogen-bond acceptors (Lipinski definition) is 17. The zero-order chi connectivity index (χ0) is 58.8. The monoisotopic (exact) mass is 1140 g/mol. The Labute approximate surface area is 471 Å². The summed E-state index contributed by atoms with van der Waals surface area (Å²) < 4.78 is 0. The normalized spacial score (nSPS) is 27.8. The van der Waals surface area contributed by atoms with Gasteiger partial charge in [-0.3, -0.25) is 33.6 Å². The first-order chi connectivity index (χ1) is 38.0. The predicted molar refractivity (Wildman–Crippen MR) is 292 cm³/mol. The number of unbranched alkanes of at least 4 members (excludes halogenated alkanes) is 5. The molecule has 5 rings (SSSR count). The molecule has 0 radical (unpaired) electrons. The van der Waals surface area contributed by atoms with E-state index in [-0.39, 0.29) is 30.7 Å². The van der Waals surface area contributed by atoms with Gasteiger partial charge in [0.1, 0.15) is 59.6 Å². The lowest BCUT2D eigenvalue weighted by atomic mass is 9.91. The second-order valence-electron chi connectivity index (χ2n) is 21.7. The Bertz CT molecular complexity index is 2420. The lowest BCUT2D eigenvalue weighted by Crippen LogP contribution is -2.64. The molecule has 0 saturated carbocycles.